The van der Waals surface area contributed by atoms with Crippen molar-refractivity contribution < 1.29 is 4.79 Å². The Balaban J connectivity index is 2.06. The molecule has 0 saturated carbocycles. The molecule has 19 heavy (non-hydrogen) atoms. The second-order valence-electron chi connectivity index (χ2n) is 4.15. The zero-order valence-electron chi connectivity index (χ0n) is 9.95. The lowest BCUT2D eigenvalue weighted by atomic mass is 10.0. The highest BCUT2D eigenvalue weighted by atomic mass is 35.5. The Kier molecular flexibility index (Phi) is 4.87. The van der Waals surface area contributed by atoms with Gasteiger partial charge in [0.15, 0.2) is 5.78 Å². The van der Waals surface area contributed by atoms with E-state index in [1.807, 2.05) is 12.1 Å². The van der Waals surface area contributed by atoms with Crippen molar-refractivity contribution in [2.45, 2.75) is 11.8 Å². The van der Waals surface area contributed by atoms with Crippen molar-refractivity contribution >= 4 is 40.6 Å². The molecular formula is C15H11Cl3O. The minimum atomic E-state index is -0.361. The van der Waals surface area contributed by atoms with Gasteiger partial charge in [0.1, 0.15) is 0 Å². The van der Waals surface area contributed by atoms with Gasteiger partial charge < -0.3 is 0 Å². The molecule has 1 atom stereocenters. The van der Waals surface area contributed by atoms with Crippen LogP contribution in [0.1, 0.15) is 27.7 Å². The Labute approximate surface area is 127 Å². The van der Waals surface area contributed by atoms with Gasteiger partial charge in [-0.2, -0.15) is 0 Å². The first-order chi connectivity index (χ1) is 9.06. The third-order valence-electron chi connectivity index (χ3n) is 2.76. The van der Waals surface area contributed by atoms with Crippen molar-refractivity contribution in [1.82, 2.24) is 0 Å². The van der Waals surface area contributed by atoms with Gasteiger partial charge in [-0.25, -0.2) is 0 Å². The van der Waals surface area contributed by atoms with E-state index in [-0.39, 0.29) is 17.6 Å². The predicted molar refractivity (Wildman–Crippen MR) is 80.4 cm³/mol. The molecule has 0 unspecified atom stereocenters. The number of hydrogen-bond acceptors (Lipinski definition) is 1. The highest BCUT2D eigenvalue weighted by Gasteiger charge is 2.14. The van der Waals surface area contributed by atoms with Crippen LogP contribution in [0, 0.1) is 0 Å². The van der Waals surface area contributed by atoms with Crippen molar-refractivity contribution in [1.29, 1.82) is 0 Å². The number of hydrogen-bond donors (Lipinski definition) is 0. The summed E-state index contributed by atoms with van der Waals surface area (Å²) in [6.07, 6.45) is 0.241. The van der Waals surface area contributed by atoms with E-state index in [1.165, 1.54) is 0 Å². The Morgan fingerprint density at radius 1 is 0.895 bits per heavy atom. The number of carbonyl (C=O) groups is 1. The highest BCUT2D eigenvalue weighted by molar-refractivity contribution is 6.31. The summed E-state index contributed by atoms with van der Waals surface area (Å²) < 4.78 is 0. The standard InChI is InChI=1S/C15H11Cl3O/c16-12-5-1-10(2-6-12)14(18)9-15(19)11-3-7-13(17)8-4-11/h1-8,14H,9H2/t14-/m0/s1. The van der Waals surface area contributed by atoms with E-state index >= 15 is 0 Å². The second-order valence-corrected chi connectivity index (χ2v) is 5.55. The lowest BCUT2D eigenvalue weighted by molar-refractivity contribution is 0.0981. The Hall–Kier alpha value is -1.02. The quantitative estimate of drug-likeness (QED) is 0.534. The second kappa shape index (κ2) is 6.42. The van der Waals surface area contributed by atoms with Crippen LogP contribution in [0.5, 0.6) is 0 Å². The zero-order chi connectivity index (χ0) is 13.8. The topological polar surface area (TPSA) is 17.1 Å². The van der Waals surface area contributed by atoms with Gasteiger partial charge in [-0.15, -0.1) is 11.6 Å². The van der Waals surface area contributed by atoms with Crippen molar-refractivity contribution in [3.05, 3.63) is 69.7 Å². The molecule has 2 aromatic rings. The SMILES string of the molecule is O=C(C[C@H](Cl)c1ccc(Cl)cc1)c1ccc(Cl)cc1. The Morgan fingerprint density at radius 2 is 1.37 bits per heavy atom. The third kappa shape index (κ3) is 3.97. The van der Waals surface area contributed by atoms with Crippen LogP contribution in [-0.2, 0) is 0 Å². The average Bonchev–Trinajstić information content (AvgIpc) is 2.40. The van der Waals surface area contributed by atoms with Crippen molar-refractivity contribution in [2.24, 2.45) is 0 Å². The number of carbonyl (C=O) groups excluding carboxylic acids is 1. The number of ketones is 1. The average molecular weight is 314 g/mol. The maximum Gasteiger partial charge on any atom is 0.164 e. The minimum Gasteiger partial charge on any atom is -0.294 e. The van der Waals surface area contributed by atoms with Crippen LogP contribution in [0.4, 0.5) is 0 Å². The van der Waals surface area contributed by atoms with Crippen LogP contribution in [0.25, 0.3) is 0 Å². The first-order valence-corrected chi connectivity index (χ1v) is 6.94. The van der Waals surface area contributed by atoms with E-state index in [4.69, 9.17) is 34.8 Å². The van der Waals surface area contributed by atoms with Gasteiger partial charge in [-0.05, 0) is 42.0 Å². The summed E-state index contributed by atoms with van der Waals surface area (Å²) in [6, 6.07) is 14.0. The van der Waals surface area contributed by atoms with Crippen LogP contribution in [0.3, 0.4) is 0 Å². The van der Waals surface area contributed by atoms with Crippen molar-refractivity contribution in [3.8, 4) is 0 Å². The molecule has 0 saturated heterocycles. The van der Waals surface area contributed by atoms with E-state index in [1.54, 1.807) is 36.4 Å². The normalized spacial score (nSPS) is 12.2. The fraction of sp³-hybridized carbons (Fsp3) is 0.133. The smallest absolute Gasteiger partial charge is 0.164 e. The van der Waals surface area contributed by atoms with Gasteiger partial charge in [0.2, 0.25) is 0 Å². The Bertz CT molecular complexity index is 561. The van der Waals surface area contributed by atoms with Crippen molar-refractivity contribution in [2.75, 3.05) is 0 Å². The molecule has 0 aliphatic heterocycles. The Morgan fingerprint density at radius 3 is 1.89 bits per heavy atom. The van der Waals surface area contributed by atoms with Crippen LogP contribution in [0.15, 0.2) is 48.5 Å². The molecule has 4 heteroatoms. The maximum absolute atomic E-state index is 12.1. The minimum absolute atomic E-state index is 0.00776. The van der Waals surface area contributed by atoms with Gasteiger partial charge in [0, 0.05) is 22.0 Å². The van der Waals surface area contributed by atoms with E-state index < -0.39 is 0 Å². The predicted octanol–water partition coefficient (Wildman–Crippen LogP) is 5.55. The molecule has 0 heterocycles. The molecule has 0 aliphatic rings. The number of rotatable bonds is 4. The molecule has 2 rings (SSSR count). The lowest BCUT2D eigenvalue weighted by Crippen LogP contribution is -2.03. The third-order valence-corrected chi connectivity index (χ3v) is 3.67. The van der Waals surface area contributed by atoms with Gasteiger partial charge in [-0.3, -0.25) is 4.79 Å². The zero-order valence-corrected chi connectivity index (χ0v) is 12.2. The van der Waals surface area contributed by atoms with Gasteiger partial charge in [-0.1, -0.05) is 35.3 Å². The van der Waals surface area contributed by atoms with Gasteiger partial charge >= 0.3 is 0 Å². The fourth-order valence-electron chi connectivity index (χ4n) is 1.71. The number of benzene rings is 2. The lowest BCUT2D eigenvalue weighted by Gasteiger charge is -2.09. The van der Waals surface area contributed by atoms with E-state index in [2.05, 4.69) is 0 Å². The van der Waals surface area contributed by atoms with Crippen molar-refractivity contribution in [3.63, 3.8) is 0 Å². The molecule has 0 spiro atoms. The fourth-order valence-corrected chi connectivity index (χ4v) is 2.24. The summed E-state index contributed by atoms with van der Waals surface area (Å²) in [4.78, 5) is 12.1. The molecule has 0 bridgehead atoms. The van der Waals surface area contributed by atoms with Crippen LogP contribution in [-0.4, -0.2) is 5.78 Å². The highest BCUT2D eigenvalue weighted by Crippen LogP contribution is 2.27. The summed E-state index contributed by atoms with van der Waals surface area (Å²) >= 11 is 17.8. The van der Waals surface area contributed by atoms with Crippen LogP contribution >= 0.6 is 34.8 Å². The number of halogens is 3. The maximum atomic E-state index is 12.1. The molecule has 0 fully saturated rings. The molecular weight excluding hydrogens is 303 g/mol. The molecule has 98 valence electrons. The molecule has 0 aliphatic carbocycles. The van der Waals surface area contributed by atoms with E-state index in [0.717, 1.165) is 5.56 Å². The summed E-state index contributed by atoms with van der Waals surface area (Å²) in [7, 11) is 0. The van der Waals surface area contributed by atoms with E-state index in [9.17, 15) is 4.79 Å². The first kappa shape index (κ1) is 14.4. The number of Topliss-reactive ketones (excluding diaryl/α,β-unsaturated/α-hetero) is 1. The summed E-state index contributed by atoms with van der Waals surface area (Å²) in [5.74, 6) is -0.00776. The monoisotopic (exact) mass is 312 g/mol. The molecule has 2 aromatic carbocycles. The molecule has 0 amide bonds. The van der Waals surface area contributed by atoms with Crippen LogP contribution < -0.4 is 0 Å². The van der Waals surface area contributed by atoms with Crippen LogP contribution in [0.2, 0.25) is 10.0 Å². The first-order valence-electron chi connectivity index (χ1n) is 5.74. The summed E-state index contributed by atoms with van der Waals surface area (Å²) in [5.41, 5.74) is 1.50. The van der Waals surface area contributed by atoms with Gasteiger partial charge in [0.05, 0.1) is 5.38 Å². The summed E-state index contributed by atoms with van der Waals surface area (Å²) in [5, 5.41) is 0.897. The summed E-state index contributed by atoms with van der Waals surface area (Å²) in [6.45, 7) is 0. The molecule has 1 nitrogen and oxygen atoms in total. The molecule has 0 N–H and O–H groups in total. The van der Waals surface area contributed by atoms with Gasteiger partial charge in [0.25, 0.3) is 0 Å². The molecule has 0 radical (unpaired) electrons. The van der Waals surface area contributed by atoms with E-state index in [0.29, 0.717) is 15.6 Å². The largest absolute Gasteiger partial charge is 0.294 e. The molecule has 0 aromatic heterocycles. The number of alkyl halides is 1.